The molecule has 6 nitrogen and oxygen atoms in total. The van der Waals surface area contributed by atoms with Gasteiger partial charge in [0, 0.05) is 25.5 Å². The van der Waals surface area contributed by atoms with Crippen molar-refractivity contribution in [1.82, 2.24) is 19.6 Å². The van der Waals surface area contributed by atoms with Gasteiger partial charge in [-0.2, -0.15) is 5.10 Å². The highest BCUT2D eigenvalue weighted by Crippen LogP contribution is 2.32. The zero-order valence-corrected chi connectivity index (χ0v) is 14.1. The molecule has 4 heterocycles. The molecular weight excluding hydrogens is 300 g/mol. The Bertz CT molecular complexity index is 843. The molecule has 1 aliphatic rings. The third-order valence-electron chi connectivity index (χ3n) is 4.73. The minimum atomic E-state index is 0.440. The summed E-state index contributed by atoms with van der Waals surface area (Å²) in [7, 11) is 0. The fourth-order valence-electron chi connectivity index (χ4n) is 3.08. The molecule has 0 atom stereocenters. The Morgan fingerprint density at radius 3 is 2.75 bits per heavy atom. The molecule has 0 aromatic carbocycles. The Morgan fingerprint density at radius 2 is 1.92 bits per heavy atom. The molecule has 0 aliphatic carbocycles. The van der Waals surface area contributed by atoms with Crippen molar-refractivity contribution in [2.24, 2.45) is 5.41 Å². The Balaban J connectivity index is 1.56. The monoisotopic (exact) mass is 322 g/mol. The number of rotatable bonds is 3. The standard InChI is InChI=1S/C18H22N6/c1-18(2)7-11-23(12-8-18)16-5-3-4-15(22-16)21-14-6-9-20-24-13-10-19-17(14)24/h3-6,9-10,13H,7-8,11-12H2,1-2H3,(H,21,22). The summed E-state index contributed by atoms with van der Waals surface area (Å²) in [5.74, 6) is 1.86. The Morgan fingerprint density at radius 1 is 1.08 bits per heavy atom. The van der Waals surface area contributed by atoms with Gasteiger partial charge in [0.15, 0.2) is 5.65 Å². The smallest absolute Gasteiger partial charge is 0.177 e. The lowest BCUT2D eigenvalue weighted by atomic mass is 9.83. The fourth-order valence-corrected chi connectivity index (χ4v) is 3.08. The van der Waals surface area contributed by atoms with Gasteiger partial charge in [0.1, 0.15) is 11.6 Å². The first-order valence-electron chi connectivity index (χ1n) is 8.38. The summed E-state index contributed by atoms with van der Waals surface area (Å²) in [6, 6.07) is 8.03. The van der Waals surface area contributed by atoms with E-state index in [2.05, 4.69) is 40.2 Å². The van der Waals surface area contributed by atoms with Gasteiger partial charge in [-0.05, 0) is 36.5 Å². The molecule has 0 bridgehead atoms. The van der Waals surface area contributed by atoms with Crippen LogP contribution >= 0.6 is 0 Å². The molecule has 0 amide bonds. The Hall–Kier alpha value is -2.63. The number of imidazole rings is 1. The van der Waals surface area contributed by atoms with Gasteiger partial charge in [-0.3, -0.25) is 0 Å². The van der Waals surface area contributed by atoms with Crippen molar-refractivity contribution >= 4 is 23.0 Å². The van der Waals surface area contributed by atoms with E-state index in [-0.39, 0.29) is 0 Å². The van der Waals surface area contributed by atoms with Gasteiger partial charge >= 0.3 is 0 Å². The summed E-state index contributed by atoms with van der Waals surface area (Å²) < 4.78 is 1.75. The predicted octanol–water partition coefficient (Wildman–Crippen LogP) is 3.49. The van der Waals surface area contributed by atoms with E-state index < -0.39 is 0 Å². The van der Waals surface area contributed by atoms with E-state index >= 15 is 0 Å². The van der Waals surface area contributed by atoms with Crippen molar-refractivity contribution in [3.05, 3.63) is 42.9 Å². The number of hydrogen-bond acceptors (Lipinski definition) is 5. The minimum absolute atomic E-state index is 0.440. The first kappa shape index (κ1) is 14.9. The average molecular weight is 322 g/mol. The SMILES string of the molecule is CC1(C)CCN(c2cccc(Nc3ccnn4ccnc34)n2)CC1. The minimum Gasteiger partial charge on any atom is -0.357 e. The number of piperidine rings is 1. The Labute approximate surface area is 141 Å². The number of fused-ring (bicyclic) bond motifs is 1. The van der Waals surface area contributed by atoms with Crippen molar-refractivity contribution in [2.45, 2.75) is 26.7 Å². The molecule has 3 aromatic rings. The second kappa shape index (κ2) is 5.78. The second-order valence-corrected chi connectivity index (χ2v) is 7.10. The fraction of sp³-hybridized carbons (Fsp3) is 0.389. The number of pyridine rings is 1. The van der Waals surface area contributed by atoms with Gasteiger partial charge < -0.3 is 10.2 Å². The van der Waals surface area contributed by atoms with Gasteiger partial charge in [0.2, 0.25) is 0 Å². The molecule has 6 heteroatoms. The molecule has 3 aromatic heterocycles. The lowest BCUT2D eigenvalue weighted by Gasteiger charge is -2.37. The topological polar surface area (TPSA) is 58.4 Å². The van der Waals surface area contributed by atoms with Crippen LogP contribution in [0.2, 0.25) is 0 Å². The Kier molecular flexibility index (Phi) is 3.59. The van der Waals surface area contributed by atoms with E-state index in [9.17, 15) is 0 Å². The lowest BCUT2D eigenvalue weighted by molar-refractivity contribution is 0.279. The first-order chi connectivity index (χ1) is 11.6. The maximum Gasteiger partial charge on any atom is 0.177 e. The van der Waals surface area contributed by atoms with E-state index in [1.807, 2.05) is 24.4 Å². The maximum absolute atomic E-state index is 4.79. The summed E-state index contributed by atoms with van der Waals surface area (Å²) >= 11 is 0. The van der Waals surface area contributed by atoms with Crippen LogP contribution in [0, 0.1) is 5.41 Å². The van der Waals surface area contributed by atoms with E-state index in [1.165, 1.54) is 12.8 Å². The number of anilines is 3. The highest BCUT2D eigenvalue weighted by atomic mass is 15.3. The first-order valence-corrected chi connectivity index (χ1v) is 8.38. The van der Waals surface area contributed by atoms with E-state index in [1.54, 1.807) is 16.9 Å². The quantitative estimate of drug-likeness (QED) is 0.800. The largest absolute Gasteiger partial charge is 0.357 e. The molecule has 0 unspecified atom stereocenters. The van der Waals surface area contributed by atoms with E-state index in [0.29, 0.717) is 5.41 Å². The molecule has 24 heavy (non-hydrogen) atoms. The molecule has 0 spiro atoms. The molecule has 1 N–H and O–H groups in total. The van der Waals surface area contributed by atoms with Crippen molar-refractivity contribution in [3.8, 4) is 0 Å². The van der Waals surface area contributed by atoms with E-state index in [0.717, 1.165) is 36.1 Å². The molecule has 1 aliphatic heterocycles. The van der Waals surface area contributed by atoms with Crippen molar-refractivity contribution in [2.75, 3.05) is 23.3 Å². The summed E-state index contributed by atoms with van der Waals surface area (Å²) in [6.07, 6.45) is 7.73. The summed E-state index contributed by atoms with van der Waals surface area (Å²) in [5, 5.41) is 7.60. The van der Waals surface area contributed by atoms with Crippen LogP contribution in [0.25, 0.3) is 5.65 Å². The summed E-state index contributed by atoms with van der Waals surface area (Å²) in [5.41, 5.74) is 2.14. The second-order valence-electron chi connectivity index (χ2n) is 7.10. The van der Waals surface area contributed by atoms with Crippen LogP contribution in [-0.4, -0.2) is 32.7 Å². The molecule has 0 saturated carbocycles. The van der Waals surface area contributed by atoms with Crippen molar-refractivity contribution < 1.29 is 0 Å². The van der Waals surface area contributed by atoms with Gasteiger partial charge in [0.25, 0.3) is 0 Å². The molecule has 0 radical (unpaired) electrons. The van der Waals surface area contributed by atoms with Crippen LogP contribution in [0.1, 0.15) is 26.7 Å². The van der Waals surface area contributed by atoms with Crippen LogP contribution in [0.3, 0.4) is 0 Å². The van der Waals surface area contributed by atoms with Gasteiger partial charge in [-0.1, -0.05) is 19.9 Å². The molecule has 1 saturated heterocycles. The molecule has 1 fully saturated rings. The van der Waals surface area contributed by atoms with Crippen molar-refractivity contribution in [3.63, 3.8) is 0 Å². The van der Waals surface area contributed by atoms with Gasteiger partial charge in [-0.25, -0.2) is 14.5 Å². The number of nitrogens with zero attached hydrogens (tertiary/aromatic N) is 5. The average Bonchev–Trinajstić information content (AvgIpc) is 3.05. The van der Waals surface area contributed by atoms with Crippen molar-refractivity contribution in [1.29, 1.82) is 0 Å². The zero-order chi connectivity index (χ0) is 16.6. The highest BCUT2D eigenvalue weighted by molar-refractivity contribution is 5.72. The molecule has 124 valence electrons. The van der Waals surface area contributed by atoms with E-state index in [4.69, 9.17) is 4.98 Å². The normalized spacial score (nSPS) is 17.2. The molecule has 4 rings (SSSR count). The third kappa shape index (κ3) is 2.91. The number of aromatic nitrogens is 4. The lowest BCUT2D eigenvalue weighted by Crippen LogP contribution is -2.37. The molecular formula is C18H22N6. The maximum atomic E-state index is 4.79. The summed E-state index contributed by atoms with van der Waals surface area (Å²) in [4.78, 5) is 11.5. The van der Waals surface area contributed by atoms with Gasteiger partial charge in [0.05, 0.1) is 11.9 Å². The summed E-state index contributed by atoms with van der Waals surface area (Å²) in [6.45, 7) is 6.80. The zero-order valence-electron chi connectivity index (χ0n) is 14.1. The van der Waals surface area contributed by atoms with Crippen LogP contribution in [-0.2, 0) is 0 Å². The highest BCUT2D eigenvalue weighted by Gasteiger charge is 2.25. The third-order valence-corrected chi connectivity index (χ3v) is 4.73. The van der Waals surface area contributed by atoms with Gasteiger partial charge in [-0.15, -0.1) is 0 Å². The van der Waals surface area contributed by atoms with Crippen LogP contribution < -0.4 is 10.2 Å². The number of hydrogen-bond donors (Lipinski definition) is 1. The number of nitrogens with one attached hydrogen (secondary N) is 1. The van der Waals surface area contributed by atoms with Crippen LogP contribution in [0.15, 0.2) is 42.9 Å². The van der Waals surface area contributed by atoms with Crippen LogP contribution in [0.5, 0.6) is 0 Å². The van der Waals surface area contributed by atoms with Crippen LogP contribution in [0.4, 0.5) is 17.3 Å². The predicted molar refractivity (Wildman–Crippen MR) is 95.7 cm³/mol.